The number of ketones is 1. The molecule has 2 nitrogen and oxygen atoms in total. The summed E-state index contributed by atoms with van der Waals surface area (Å²) in [6, 6.07) is 4.53. The summed E-state index contributed by atoms with van der Waals surface area (Å²) in [6.45, 7) is 1.90. The molecule has 0 heterocycles. The summed E-state index contributed by atoms with van der Waals surface area (Å²) in [7, 11) is 0. The van der Waals surface area contributed by atoms with E-state index in [1.165, 1.54) is 12.1 Å². The quantitative estimate of drug-likeness (QED) is 0.851. The van der Waals surface area contributed by atoms with E-state index in [4.69, 9.17) is 17.3 Å². The summed E-state index contributed by atoms with van der Waals surface area (Å²) < 4.78 is 13.4. The average Bonchev–Trinajstić information content (AvgIpc) is 2.23. The highest BCUT2D eigenvalue weighted by Gasteiger charge is 2.11. The lowest BCUT2D eigenvalue weighted by atomic mass is 10.0. The Bertz CT molecular complexity index is 373. The van der Waals surface area contributed by atoms with Crippen LogP contribution in [0.25, 0.3) is 0 Å². The predicted octanol–water partition coefficient (Wildman–Crippen LogP) is 3.11. The fourth-order valence-corrected chi connectivity index (χ4v) is 1.84. The molecule has 0 amide bonds. The third-order valence-corrected chi connectivity index (χ3v) is 2.90. The van der Waals surface area contributed by atoms with Gasteiger partial charge in [-0.2, -0.15) is 0 Å². The number of benzene rings is 1. The molecule has 1 rings (SSSR count). The summed E-state index contributed by atoms with van der Waals surface area (Å²) in [5, 5.41) is 0.311. The maximum Gasteiger partial charge on any atom is 0.137 e. The van der Waals surface area contributed by atoms with Crippen molar-refractivity contribution in [3.8, 4) is 0 Å². The van der Waals surface area contributed by atoms with Gasteiger partial charge in [0.05, 0.1) is 0 Å². The van der Waals surface area contributed by atoms with Crippen LogP contribution in [0.4, 0.5) is 4.39 Å². The molecule has 17 heavy (non-hydrogen) atoms. The van der Waals surface area contributed by atoms with E-state index < -0.39 is 5.82 Å². The van der Waals surface area contributed by atoms with Gasteiger partial charge in [-0.1, -0.05) is 17.7 Å². The molecule has 0 bridgehead atoms. The normalized spacial score (nSPS) is 12.5. The number of rotatable bonds is 6. The zero-order valence-electron chi connectivity index (χ0n) is 9.88. The summed E-state index contributed by atoms with van der Waals surface area (Å²) in [6.07, 6.45) is 2.02. The van der Waals surface area contributed by atoms with Crippen LogP contribution in [0.3, 0.4) is 0 Å². The molecule has 0 fully saturated rings. The van der Waals surface area contributed by atoms with Gasteiger partial charge in [0.25, 0.3) is 0 Å². The summed E-state index contributed by atoms with van der Waals surface area (Å²) in [5.74, 6) is -0.421. The second-order valence-electron chi connectivity index (χ2n) is 4.29. The van der Waals surface area contributed by atoms with Crippen LogP contribution in [-0.2, 0) is 11.2 Å². The van der Waals surface area contributed by atoms with E-state index in [1.807, 2.05) is 6.92 Å². The predicted molar refractivity (Wildman–Crippen MR) is 67.6 cm³/mol. The van der Waals surface area contributed by atoms with Crippen molar-refractivity contribution in [2.75, 3.05) is 0 Å². The molecule has 0 saturated carbocycles. The Kier molecular flexibility index (Phi) is 5.59. The van der Waals surface area contributed by atoms with Crippen molar-refractivity contribution in [1.29, 1.82) is 0 Å². The fourth-order valence-electron chi connectivity index (χ4n) is 1.61. The van der Waals surface area contributed by atoms with Gasteiger partial charge in [0, 0.05) is 29.5 Å². The van der Waals surface area contributed by atoms with Crippen LogP contribution in [0, 0.1) is 5.82 Å². The van der Waals surface area contributed by atoms with E-state index in [1.54, 1.807) is 6.07 Å². The van der Waals surface area contributed by atoms with Crippen molar-refractivity contribution in [3.63, 3.8) is 0 Å². The summed E-state index contributed by atoms with van der Waals surface area (Å²) in [4.78, 5) is 11.6. The van der Waals surface area contributed by atoms with Gasteiger partial charge in [-0.15, -0.1) is 0 Å². The van der Waals surface area contributed by atoms with Crippen LogP contribution in [0.15, 0.2) is 18.2 Å². The smallest absolute Gasteiger partial charge is 0.137 e. The molecule has 0 spiro atoms. The topological polar surface area (TPSA) is 43.1 Å². The number of hydrogen-bond donors (Lipinski definition) is 1. The number of nitrogens with two attached hydrogens (primary N) is 1. The molecule has 0 aromatic heterocycles. The number of hydrogen-bond acceptors (Lipinski definition) is 2. The molecule has 94 valence electrons. The SMILES string of the molecule is CC(N)CCCC(=O)Cc1c(F)cccc1Cl. The molecule has 1 atom stereocenters. The molecule has 2 N–H and O–H groups in total. The molecule has 0 radical (unpaired) electrons. The van der Waals surface area contributed by atoms with Gasteiger partial charge in [0.1, 0.15) is 11.6 Å². The van der Waals surface area contributed by atoms with Crippen LogP contribution >= 0.6 is 11.6 Å². The van der Waals surface area contributed by atoms with Crippen molar-refractivity contribution in [2.24, 2.45) is 5.73 Å². The molecule has 0 aliphatic rings. The van der Waals surface area contributed by atoms with Gasteiger partial charge in [0.15, 0.2) is 0 Å². The molecule has 4 heteroatoms. The molecular weight excluding hydrogens is 241 g/mol. The van der Waals surface area contributed by atoms with Crippen LogP contribution < -0.4 is 5.73 Å². The van der Waals surface area contributed by atoms with Crippen LogP contribution in [-0.4, -0.2) is 11.8 Å². The van der Waals surface area contributed by atoms with Crippen molar-refractivity contribution in [1.82, 2.24) is 0 Å². The van der Waals surface area contributed by atoms with Gasteiger partial charge >= 0.3 is 0 Å². The largest absolute Gasteiger partial charge is 0.328 e. The van der Waals surface area contributed by atoms with Crippen LogP contribution in [0.5, 0.6) is 0 Å². The minimum absolute atomic E-state index is 0.00218. The Hall–Kier alpha value is -0.930. The Morgan fingerprint density at radius 2 is 2.24 bits per heavy atom. The molecule has 1 aromatic carbocycles. The first-order valence-electron chi connectivity index (χ1n) is 5.71. The molecule has 1 unspecified atom stereocenters. The van der Waals surface area contributed by atoms with Gasteiger partial charge in [0.2, 0.25) is 0 Å². The first-order chi connectivity index (χ1) is 8.00. The standard InChI is InChI=1S/C13H17ClFNO/c1-9(16)4-2-5-10(17)8-11-12(14)6-3-7-13(11)15/h3,6-7,9H,2,4-5,8,16H2,1H3. The lowest BCUT2D eigenvalue weighted by Crippen LogP contribution is -2.15. The monoisotopic (exact) mass is 257 g/mol. The molecule has 0 aliphatic heterocycles. The first kappa shape index (κ1) is 14.1. The number of carbonyl (C=O) groups is 1. The minimum atomic E-state index is -0.418. The zero-order valence-corrected chi connectivity index (χ0v) is 10.6. The zero-order chi connectivity index (χ0) is 12.8. The van der Waals surface area contributed by atoms with Gasteiger partial charge in [-0.25, -0.2) is 4.39 Å². The molecule has 1 aromatic rings. The summed E-state index contributed by atoms with van der Waals surface area (Å²) in [5.41, 5.74) is 5.88. The van der Waals surface area contributed by atoms with E-state index in [0.717, 1.165) is 12.8 Å². The van der Waals surface area contributed by atoms with E-state index in [2.05, 4.69) is 0 Å². The van der Waals surface area contributed by atoms with Crippen LogP contribution in [0.2, 0.25) is 5.02 Å². The average molecular weight is 258 g/mol. The number of Topliss-reactive ketones (excluding diaryl/α,β-unsaturated/α-hetero) is 1. The van der Waals surface area contributed by atoms with Gasteiger partial charge < -0.3 is 5.73 Å². The highest BCUT2D eigenvalue weighted by Crippen LogP contribution is 2.20. The van der Waals surface area contributed by atoms with Crippen molar-refractivity contribution in [2.45, 2.75) is 38.6 Å². The third kappa shape index (κ3) is 4.84. The van der Waals surface area contributed by atoms with Crippen molar-refractivity contribution in [3.05, 3.63) is 34.6 Å². The fraction of sp³-hybridized carbons (Fsp3) is 0.462. The highest BCUT2D eigenvalue weighted by molar-refractivity contribution is 6.31. The second kappa shape index (κ2) is 6.72. The van der Waals surface area contributed by atoms with E-state index in [0.29, 0.717) is 17.0 Å². The second-order valence-corrected chi connectivity index (χ2v) is 4.69. The third-order valence-electron chi connectivity index (χ3n) is 2.55. The lowest BCUT2D eigenvalue weighted by molar-refractivity contribution is -0.118. The Balaban J connectivity index is 2.51. The van der Waals surface area contributed by atoms with Gasteiger partial charge in [-0.05, 0) is 31.9 Å². The van der Waals surface area contributed by atoms with Crippen molar-refractivity contribution < 1.29 is 9.18 Å². The highest BCUT2D eigenvalue weighted by atomic mass is 35.5. The van der Waals surface area contributed by atoms with E-state index >= 15 is 0 Å². The minimum Gasteiger partial charge on any atom is -0.328 e. The van der Waals surface area contributed by atoms with E-state index in [9.17, 15) is 9.18 Å². The Morgan fingerprint density at radius 1 is 1.53 bits per heavy atom. The maximum absolute atomic E-state index is 13.4. The van der Waals surface area contributed by atoms with Gasteiger partial charge in [-0.3, -0.25) is 4.79 Å². The number of carbonyl (C=O) groups excluding carboxylic acids is 1. The van der Waals surface area contributed by atoms with E-state index in [-0.39, 0.29) is 18.2 Å². The first-order valence-corrected chi connectivity index (χ1v) is 6.08. The summed E-state index contributed by atoms with van der Waals surface area (Å²) >= 11 is 5.85. The number of halogens is 2. The van der Waals surface area contributed by atoms with Crippen molar-refractivity contribution >= 4 is 17.4 Å². The molecule has 0 aliphatic carbocycles. The lowest BCUT2D eigenvalue weighted by Gasteiger charge is -2.06. The Morgan fingerprint density at radius 3 is 2.82 bits per heavy atom. The molecule has 0 saturated heterocycles. The Labute approximate surface area is 106 Å². The van der Waals surface area contributed by atoms with Crippen LogP contribution in [0.1, 0.15) is 31.7 Å². The molecular formula is C13H17ClFNO. The maximum atomic E-state index is 13.4.